The zero-order valence-electron chi connectivity index (χ0n) is 8.65. The smallest absolute Gasteiger partial charge is 0.242 e. The van der Waals surface area contributed by atoms with Crippen molar-refractivity contribution in [2.24, 2.45) is 0 Å². The van der Waals surface area contributed by atoms with Crippen LogP contribution in [0.3, 0.4) is 0 Å². The van der Waals surface area contributed by atoms with Gasteiger partial charge in [-0.1, -0.05) is 0 Å². The number of nitrogens with zero attached hydrogens (tertiary/aromatic N) is 1. The van der Waals surface area contributed by atoms with Gasteiger partial charge in [0.25, 0.3) is 0 Å². The van der Waals surface area contributed by atoms with Crippen LogP contribution in [0.2, 0.25) is 0 Å². The van der Waals surface area contributed by atoms with Gasteiger partial charge in [-0.2, -0.15) is 0 Å². The summed E-state index contributed by atoms with van der Waals surface area (Å²) in [6, 6.07) is 0.916. The third-order valence-corrected chi connectivity index (χ3v) is 3.47. The molecule has 0 aliphatic rings. The van der Waals surface area contributed by atoms with Gasteiger partial charge in [0.1, 0.15) is 10.7 Å². The first-order valence-corrected chi connectivity index (χ1v) is 6.58. The summed E-state index contributed by atoms with van der Waals surface area (Å²) >= 11 is 5.67. The van der Waals surface area contributed by atoms with Gasteiger partial charge in [0.15, 0.2) is 0 Å². The van der Waals surface area contributed by atoms with Crippen molar-refractivity contribution in [1.29, 1.82) is 0 Å². The predicted octanol–water partition coefficient (Wildman–Crippen LogP) is 1.52. The van der Waals surface area contributed by atoms with Crippen LogP contribution in [0, 0.1) is 5.82 Å². The minimum atomic E-state index is -3.69. The Bertz CT molecular complexity index is 451. The molecule has 16 heavy (non-hydrogen) atoms. The summed E-state index contributed by atoms with van der Waals surface area (Å²) in [5, 5.41) is -0.117. The Morgan fingerprint density at radius 3 is 2.81 bits per heavy atom. The van der Waals surface area contributed by atoms with Gasteiger partial charge in [-0.3, -0.25) is 4.98 Å². The Balaban J connectivity index is 2.71. The van der Waals surface area contributed by atoms with E-state index in [0.29, 0.717) is 6.42 Å². The molecule has 0 aliphatic carbocycles. The molecule has 0 spiro atoms. The molecule has 7 heteroatoms. The molecule has 0 amide bonds. The lowest BCUT2D eigenvalue weighted by Gasteiger charge is -2.07. The fraction of sp³-hybridized carbons (Fsp3) is 0.444. The number of hydrogen-bond acceptors (Lipinski definition) is 3. The number of pyridine rings is 1. The fourth-order valence-electron chi connectivity index (χ4n) is 1.01. The van der Waals surface area contributed by atoms with E-state index in [9.17, 15) is 12.8 Å². The molecule has 0 fully saturated rings. The second kappa shape index (κ2) is 5.56. The highest BCUT2D eigenvalue weighted by molar-refractivity contribution is 7.89. The molecule has 1 aromatic rings. The summed E-state index contributed by atoms with van der Waals surface area (Å²) in [6.07, 6.45) is 2.54. The second-order valence-electron chi connectivity index (χ2n) is 3.31. The molecule has 90 valence electrons. The molecule has 0 aliphatic heterocycles. The Hall–Kier alpha value is -0.720. The first-order valence-electron chi connectivity index (χ1n) is 4.66. The van der Waals surface area contributed by atoms with E-state index in [1.54, 1.807) is 6.92 Å². The SMILES string of the molecule is CC(Cl)CCNS(=O)(=O)c1cncc(F)c1. The van der Waals surface area contributed by atoms with Gasteiger partial charge in [0, 0.05) is 18.1 Å². The highest BCUT2D eigenvalue weighted by Gasteiger charge is 2.14. The molecule has 1 aromatic heterocycles. The lowest BCUT2D eigenvalue weighted by atomic mass is 10.3. The standard InChI is InChI=1S/C9H12ClFN2O2S/c1-7(10)2-3-13-16(14,15)9-4-8(11)5-12-6-9/h4-7,13H,2-3H2,1H3. The summed E-state index contributed by atoms with van der Waals surface area (Å²) in [5.41, 5.74) is 0. The highest BCUT2D eigenvalue weighted by Crippen LogP contribution is 2.08. The van der Waals surface area contributed by atoms with E-state index in [1.807, 2.05) is 0 Å². The van der Waals surface area contributed by atoms with Crippen molar-refractivity contribution in [3.05, 3.63) is 24.3 Å². The van der Waals surface area contributed by atoms with Gasteiger partial charge >= 0.3 is 0 Å². The Morgan fingerprint density at radius 2 is 2.25 bits per heavy atom. The Kier molecular flexibility index (Phi) is 4.64. The van der Waals surface area contributed by atoms with Crippen LogP contribution in [0.5, 0.6) is 0 Å². The second-order valence-corrected chi connectivity index (χ2v) is 5.82. The molecule has 1 atom stereocenters. The van der Waals surface area contributed by atoms with E-state index in [4.69, 9.17) is 11.6 Å². The Labute approximate surface area is 98.9 Å². The molecule has 0 bridgehead atoms. The zero-order valence-corrected chi connectivity index (χ0v) is 10.2. The van der Waals surface area contributed by atoms with Gasteiger partial charge in [-0.15, -0.1) is 11.6 Å². The van der Waals surface area contributed by atoms with E-state index in [-0.39, 0.29) is 16.8 Å². The third-order valence-electron chi connectivity index (χ3n) is 1.82. The minimum absolute atomic E-state index is 0.117. The largest absolute Gasteiger partial charge is 0.260 e. The predicted molar refractivity (Wildman–Crippen MR) is 59.3 cm³/mol. The van der Waals surface area contributed by atoms with Crippen LogP contribution < -0.4 is 4.72 Å². The summed E-state index contributed by atoms with van der Waals surface area (Å²) in [7, 11) is -3.69. The van der Waals surface area contributed by atoms with Crippen LogP contribution in [-0.2, 0) is 10.0 Å². The van der Waals surface area contributed by atoms with Crippen LogP contribution in [0.1, 0.15) is 13.3 Å². The molecule has 4 nitrogen and oxygen atoms in total. The van der Waals surface area contributed by atoms with Crippen molar-refractivity contribution < 1.29 is 12.8 Å². The normalized spacial score (nSPS) is 13.7. The number of rotatable bonds is 5. The summed E-state index contributed by atoms with van der Waals surface area (Å²) < 4.78 is 38.3. The van der Waals surface area contributed by atoms with E-state index in [2.05, 4.69) is 9.71 Å². The maximum Gasteiger partial charge on any atom is 0.242 e. The third kappa shape index (κ3) is 4.03. The average Bonchev–Trinajstić information content (AvgIpc) is 2.16. The van der Waals surface area contributed by atoms with Gasteiger partial charge in [-0.05, 0) is 19.4 Å². The first kappa shape index (κ1) is 13.3. The van der Waals surface area contributed by atoms with Crippen LogP contribution in [-0.4, -0.2) is 25.3 Å². The molecule has 0 saturated heterocycles. The van der Waals surface area contributed by atoms with Crippen molar-refractivity contribution in [2.75, 3.05) is 6.54 Å². The summed E-state index contributed by atoms with van der Waals surface area (Å²) in [5.74, 6) is -0.686. The summed E-state index contributed by atoms with van der Waals surface area (Å²) in [4.78, 5) is 3.29. The van der Waals surface area contributed by atoms with Gasteiger partial charge in [0.05, 0.1) is 6.20 Å². The topological polar surface area (TPSA) is 59.1 Å². The average molecular weight is 267 g/mol. The van der Waals surface area contributed by atoms with Crippen molar-refractivity contribution in [2.45, 2.75) is 23.6 Å². The maximum absolute atomic E-state index is 12.8. The van der Waals surface area contributed by atoms with E-state index in [1.165, 1.54) is 0 Å². The van der Waals surface area contributed by atoms with Crippen LogP contribution >= 0.6 is 11.6 Å². The first-order chi connectivity index (χ1) is 7.42. The molecular weight excluding hydrogens is 255 g/mol. The zero-order chi connectivity index (χ0) is 12.2. The quantitative estimate of drug-likeness (QED) is 0.822. The van der Waals surface area contributed by atoms with E-state index in [0.717, 1.165) is 18.5 Å². The molecular formula is C9H12ClFN2O2S. The molecule has 0 radical (unpaired) electrons. The summed E-state index contributed by atoms with van der Waals surface area (Å²) in [6.45, 7) is 1.98. The number of halogens is 2. The molecule has 1 unspecified atom stereocenters. The molecule has 1 heterocycles. The van der Waals surface area contributed by atoms with E-state index >= 15 is 0 Å². The highest BCUT2D eigenvalue weighted by atomic mass is 35.5. The molecule has 0 aromatic carbocycles. The number of alkyl halides is 1. The monoisotopic (exact) mass is 266 g/mol. The van der Waals surface area contributed by atoms with Crippen LogP contribution in [0.15, 0.2) is 23.4 Å². The molecule has 1 N–H and O–H groups in total. The lowest BCUT2D eigenvalue weighted by Crippen LogP contribution is -2.26. The maximum atomic E-state index is 12.8. The molecule has 0 saturated carbocycles. The number of aromatic nitrogens is 1. The van der Waals surface area contributed by atoms with Crippen LogP contribution in [0.25, 0.3) is 0 Å². The van der Waals surface area contributed by atoms with Crippen LogP contribution in [0.4, 0.5) is 4.39 Å². The van der Waals surface area contributed by atoms with Crippen molar-refractivity contribution in [3.63, 3.8) is 0 Å². The van der Waals surface area contributed by atoms with Crippen molar-refractivity contribution in [3.8, 4) is 0 Å². The van der Waals surface area contributed by atoms with Gasteiger partial charge in [-0.25, -0.2) is 17.5 Å². The minimum Gasteiger partial charge on any atom is -0.260 e. The number of nitrogens with one attached hydrogen (secondary N) is 1. The van der Waals surface area contributed by atoms with Gasteiger partial charge < -0.3 is 0 Å². The molecule has 1 rings (SSSR count). The number of hydrogen-bond donors (Lipinski definition) is 1. The van der Waals surface area contributed by atoms with Crippen molar-refractivity contribution in [1.82, 2.24) is 9.71 Å². The number of sulfonamides is 1. The van der Waals surface area contributed by atoms with E-state index < -0.39 is 15.8 Å². The lowest BCUT2D eigenvalue weighted by molar-refractivity contribution is 0.573. The van der Waals surface area contributed by atoms with Crippen molar-refractivity contribution >= 4 is 21.6 Å². The Morgan fingerprint density at radius 1 is 1.56 bits per heavy atom. The fourth-order valence-corrected chi connectivity index (χ4v) is 2.14. The van der Waals surface area contributed by atoms with Gasteiger partial charge in [0.2, 0.25) is 10.0 Å².